The maximum atomic E-state index is 15.1. The van der Waals surface area contributed by atoms with E-state index in [1.165, 1.54) is 26.1 Å². The van der Waals surface area contributed by atoms with E-state index < -0.39 is 50.7 Å². The molecule has 6 N–H and O–H groups in total. The van der Waals surface area contributed by atoms with Crippen LogP contribution >= 0.6 is 7.75 Å². The van der Waals surface area contributed by atoms with E-state index in [1.807, 2.05) is 0 Å². The summed E-state index contributed by atoms with van der Waals surface area (Å²) in [6, 6.07) is 6.29. The number of rotatable bonds is 10. The summed E-state index contributed by atoms with van der Waals surface area (Å²) in [6.07, 6.45) is -5.15. The number of carboxylic acid groups (broad SMARTS) is 1. The molecule has 0 amide bonds. The number of benzene rings is 1. The highest BCUT2D eigenvalue weighted by Gasteiger charge is 2.60. The number of nitrogens with zero attached hydrogens (tertiary/aromatic N) is 4. The van der Waals surface area contributed by atoms with Crippen molar-refractivity contribution >= 4 is 36.6 Å². The molecular formula is C20H24F2N7O7P. The van der Waals surface area contributed by atoms with Crippen molar-refractivity contribution in [3.05, 3.63) is 36.7 Å². The molecule has 0 bridgehead atoms. The van der Waals surface area contributed by atoms with E-state index >= 15 is 8.78 Å². The molecule has 0 radical (unpaired) electrons. The van der Waals surface area contributed by atoms with Crippen LogP contribution in [0.1, 0.15) is 13.2 Å². The van der Waals surface area contributed by atoms with Crippen molar-refractivity contribution in [3.8, 4) is 5.75 Å². The molecule has 1 unspecified atom stereocenters. The number of nitrogens with two attached hydrogens (primary N) is 1. The molecule has 0 spiro atoms. The van der Waals surface area contributed by atoms with E-state index in [4.69, 9.17) is 19.5 Å². The first-order valence-corrected chi connectivity index (χ1v) is 12.4. The van der Waals surface area contributed by atoms with Gasteiger partial charge in [-0.15, -0.1) is 0 Å². The van der Waals surface area contributed by atoms with Crippen molar-refractivity contribution in [1.29, 1.82) is 0 Å². The fourth-order valence-corrected chi connectivity index (χ4v) is 5.07. The second-order valence-electron chi connectivity index (χ2n) is 8.04. The largest absolute Gasteiger partial charge is 0.480 e. The molecule has 1 aromatic carbocycles. The molecule has 200 valence electrons. The molecule has 0 aliphatic carbocycles. The van der Waals surface area contributed by atoms with Gasteiger partial charge >= 0.3 is 19.6 Å². The number of halogens is 2. The number of fused-ring (bicyclic) bond motifs is 1. The lowest BCUT2D eigenvalue weighted by Crippen LogP contribution is -2.40. The Morgan fingerprint density at radius 3 is 2.70 bits per heavy atom. The summed E-state index contributed by atoms with van der Waals surface area (Å²) in [6.45, 7) is 0.344. The fourth-order valence-electron chi connectivity index (χ4n) is 3.56. The number of carboxylic acids is 1. The molecule has 3 aromatic rings. The second kappa shape index (κ2) is 10.1. The van der Waals surface area contributed by atoms with Crippen LogP contribution in [0.15, 0.2) is 36.7 Å². The maximum absolute atomic E-state index is 15.1. The quantitative estimate of drug-likeness (QED) is 0.232. The Bertz CT molecular complexity index is 1330. The predicted octanol–water partition coefficient (Wildman–Crippen LogP) is 1.61. The first-order valence-electron chi connectivity index (χ1n) is 10.8. The van der Waals surface area contributed by atoms with E-state index in [2.05, 4.69) is 25.4 Å². The molecule has 37 heavy (non-hydrogen) atoms. The van der Waals surface area contributed by atoms with Crippen LogP contribution in [0.2, 0.25) is 0 Å². The first kappa shape index (κ1) is 26.6. The molecule has 14 nitrogen and oxygen atoms in total. The number of imidazole rings is 1. The highest BCUT2D eigenvalue weighted by Crippen LogP contribution is 2.48. The van der Waals surface area contributed by atoms with Gasteiger partial charge in [0.05, 0.1) is 12.9 Å². The zero-order chi connectivity index (χ0) is 27.0. The predicted molar refractivity (Wildman–Crippen MR) is 125 cm³/mol. The number of carbonyl (C=O) groups is 1. The van der Waals surface area contributed by atoms with Crippen molar-refractivity contribution in [2.75, 3.05) is 24.7 Å². The van der Waals surface area contributed by atoms with Gasteiger partial charge in [-0.3, -0.25) is 13.9 Å². The third-order valence-electron chi connectivity index (χ3n) is 5.41. The van der Waals surface area contributed by atoms with Crippen LogP contribution in [0.3, 0.4) is 0 Å². The van der Waals surface area contributed by atoms with Crippen molar-refractivity contribution in [1.82, 2.24) is 24.6 Å². The molecule has 1 aliphatic heterocycles. The Hall–Kier alpha value is -3.43. The summed E-state index contributed by atoms with van der Waals surface area (Å²) < 4.78 is 60.5. The molecule has 4 rings (SSSR count). The molecular weight excluding hydrogens is 519 g/mol. The van der Waals surface area contributed by atoms with E-state index in [-0.39, 0.29) is 28.7 Å². The standard InChI is InChI=1S/C20H24F2N7O7P/c1-10(17(31)32)28-37(33,36-11-6-4-3-5-7-11)34-8-12-14(30)20(21,22)18(35-12)29-9-25-13-15(24-2)26-19(23)27-16(13)29/h3-7,9-10,12,14,18,30H,8H2,1-2H3,(H,28,33)(H,31,32)(H3,23,24,26,27)/t10-,12+,14+,18+,37?/m0/s1. The van der Waals surface area contributed by atoms with Gasteiger partial charge in [0.2, 0.25) is 12.2 Å². The normalized spacial score (nSPS) is 23.4. The van der Waals surface area contributed by atoms with Gasteiger partial charge in [0.15, 0.2) is 23.1 Å². The lowest BCUT2D eigenvalue weighted by atomic mass is 10.1. The number of aliphatic hydroxyl groups is 1. The minimum atomic E-state index is -4.44. The average molecular weight is 543 g/mol. The van der Waals surface area contributed by atoms with Gasteiger partial charge in [0.25, 0.3) is 0 Å². The molecule has 3 heterocycles. The number of aromatic nitrogens is 4. The smallest absolute Gasteiger partial charge is 0.459 e. The summed E-state index contributed by atoms with van der Waals surface area (Å²) in [5.74, 6) is -5.18. The van der Waals surface area contributed by atoms with Gasteiger partial charge < -0.3 is 30.5 Å². The summed E-state index contributed by atoms with van der Waals surface area (Å²) in [7, 11) is -2.90. The van der Waals surface area contributed by atoms with Crippen molar-refractivity contribution < 1.29 is 42.1 Å². The Morgan fingerprint density at radius 1 is 1.35 bits per heavy atom. The first-order chi connectivity index (χ1) is 17.4. The molecule has 1 fully saturated rings. The van der Waals surface area contributed by atoms with Crippen LogP contribution in [0, 0.1) is 0 Å². The van der Waals surface area contributed by atoms with E-state index in [1.54, 1.807) is 18.2 Å². The number of para-hydroxylation sites is 1. The van der Waals surface area contributed by atoms with Gasteiger partial charge in [-0.2, -0.15) is 23.8 Å². The average Bonchev–Trinajstić information content (AvgIpc) is 3.35. The van der Waals surface area contributed by atoms with Crippen molar-refractivity contribution in [2.45, 2.75) is 37.3 Å². The summed E-state index contributed by atoms with van der Waals surface area (Å²) in [5.41, 5.74) is 5.73. The molecule has 1 aliphatic rings. The molecule has 5 atom stereocenters. The number of hydrogen-bond acceptors (Lipinski definition) is 11. The Morgan fingerprint density at radius 2 is 2.05 bits per heavy atom. The monoisotopic (exact) mass is 543 g/mol. The SMILES string of the molecule is CNc1nc(N)nc2c1ncn2[C@@H]1O[C@H](COP(=O)(N[C@@H](C)C(=O)O)Oc2ccccc2)[C@@H](O)C1(F)F. The number of aliphatic carboxylic acids is 1. The highest BCUT2D eigenvalue weighted by atomic mass is 31.2. The lowest BCUT2D eigenvalue weighted by Gasteiger charge is -2.23. The zero-order valence-electron chi connectivity index (χ0n) is 19.5. The van der Waals surface area contributed by atoms with Gasteiger partial charge in [-0.25, -0.2) is 9.55 Å². The van der Waals surface area contributed by atoms with Crippen LogP contribution in [-0.2, 0) is 18.6 Å². The van der Waals surface area contributed by atoms with E-state index in [0.717, 1.165) is 10.9 Å². The molecule has 0 saturated carbocycles. The van der Waals surface area contributed by atoms with Crippen molar-refractivity contribution in [2.24, 2.45) is 0 Å². The lowest BCUT2D eigenvalue weighted by molar-refractivity contribution is -0.138. The maximum Gasteiger partial charge on any atom is 0.459 e. The van der Waals surface area contributed by atoms with Crippen LogP contribution < -0.4 is 20.7 Å². The van der Waals surface area contributed by atoms with Crippen LogP contribution in [-0.4, -0.2) is 73.5 Å². The number of hydrogen-bond donors (Lipinski definition) is 5. The van der Waals surface area contributed by atoms with Crippen LogP contribution in [0.4, 0.5) is 20.5 Å². The Kier molecular flexibility index (Phi) is 7.30. The number of nitrogens with one attached hydrogen (secondary N) is 2. The third-order valence-corrected chi connectivity index (χ3v) is 7.05. The topological polar surface area (TPSA) is 196 Å². The van der Waals surface area contributed by atoms with Crippen LogP contribution in [0.5, 0.6) is 5.75 Å². The van der Waals surface area contributed by atoms with Gasteiger partial charge in [0, 0.05) is 7.05 Å². The zero-order valence-corrected chi connectivity index (χ0v) is 20.4. The summed E-state index contributed by atoms with van der Waals surface area (Å²) in [5, 5.41) is 24.5. The number of ether oxygens (including phenoxy) is 1. The van der Waals surface area contributed by atoms with E-state index in [9.17, 15) is 19.6 Å². The minimum Gasteiger partial charge on any atom is -0.480 e. The number of aliphatic hydroxyl groups excluding tert-OH is 1. The third kappa shape index (κ3) is 5.33. The van der Waals surface area contributed by atoms with Crippen molar-refractivity contribution in [3.63, 3.8) is 0 Å². The molecule has 2 aromatic heterocycles. The van der Waals surface area contributed by atoms with Gasteiger partial charge in [-0.05, 0) is 19.1 Å². The molecule has 1 saturated heterocycles. The highest BCUT2D eigenvalue weighted by molar-refractivity contribution is 7.52. The summed E-state index contributed by atoms with van der Waals surface area (Å²) in [4.78, 5) is 23.2. The Labute approximate surface area is 208 Å². The molecule has 17 heteroatoms. The Balaban J connectivity index is 1.58. The number of nitrogen functional groups attached to an aromatic ring is 1. The number of alkyl halides is 2. The van der Waals surface area contributed by atoms with Gasteiger partial charge in [-0.1, -0.05) is 18.2 Å². The summed E-state index contributed by atoms with van der Waals surface area (Å²) >= 11 is 0. The van der Waals surface area contributed by atoms with Crippen LogP contribution in [0.25, 0.3) is 11.2 Å². The van der Waals surface area contributed by atoms with Gasteiger partial charge in [0.1, 0.15) is 17.9 Å². The van der Waals surface area contributed by atoms with E-state index in [0.29, 0.717) is 0 Å². The number of anilines is 2. The minimum absolute atomic E-state index is 0.0644. The fraction of sp³-hybridized carbons (Fsp3) is 0.400. The second-order valence-corrected chi connectivity index (χ2v) is 9.73.